The Bertz CT molecular complexity index is 4850. The molecule has 4 amide bonds. The van der Waals surface area contributed by atoms with Crippen molar-refractivity contribution in [2.75, 3.05) is 90.9 Å². The number of benzene rings is 4. The zero-order valence-electron chi connectivity index (χ0n) is 59.1. The number of carbonyl (C=O) groups excluding carboxylic acids is 4. The molecule has 7 rings (SSSR count). The topological polar surface area (TPSA) is 515 Å². The molecule has 592 valence electrons. The molecule has 1 saturated heterocycles. The molecule has 1 aliphatic carbocycles. The number of carbonyl (C=O) groups is 4. The average Bonchev–Trinajstić information content (AvgIpc) is 0.801. The molecule has 3 aromatic carbocycles. The molecule has 36 nitrogen and oxygen atoms in total. The molecule has 1 fully saturated rings. The van der Waals surface area contributed by atoms with E-state index in [1.54, 1.807) is 63.4 Å². The highest BCUT2D eigenvalue weighted by molar-refractivity contribution is 8.77. The number of hydrogen-bond donors (Lipinski definition) is 11. The molecule has 0 spiro atoms. The van der Waals surface area contributed by atoms with Crippen LogP contribution in [0.2, 0.25) is 0 Å². The summed E-state index contributed by atoms with van der Waals surface area (Å²) >= 11 is 0. The Labute approximate surface area is 635 Å². The Morgan fingerprint density at radius 3 is 2.28 bits per heavy atom. The van der Waals surface area contributed by atoms with Crippen molar-refractivity contribution in [3.05, 3.63) is 122 Å². The maximum Gasteiger partial charge on any atom is 0.490 e. The first-order valence-electron chi connectivity index (χ1n) is 32.5. The first kappa shape index (κ1) is 88.8. The van der Waals surface area contributed by atoms with Crippen molar-refractivity contribution < 1.29 is 120 Å². The summed E-state index contributed by atoms with van der Waals surface area (Å²) in [5, 5.41) is 10.8. The lowest BCUT2D eigenvalue weighted by atomic mass is 9.90. The first-order valence-corrected chi connectivity index (χ1v) is 44.8. The summed E-state index contributed by atoms with van der Waals surface area (Å²) in [6.45, 7) is 9.97. The van der Waals surface area contributed by atoms with Gasteiger partial charge in [0.25, 0.3) is 37.6 Å². The van der Waals surface area contributed by atoms with Crippen LogP contribution in [0.4, 0.5) is 5.69 Å². The Morgan fingerprint density at radius 2 is 1.59 bits per heavy atom. The Hall–Kier alpha value is -6.46. The summed E-state index contributed by atoms with van der Waals surface area (Å²) < 4.78 is 158. The van der Waals surface area contributed by atoms with Gasteiger partial charge in [-0.2, -0.15) is 25.5 Å². The van der Waals surface area contributed by atoms with Crippen molar-refractivity contribution in [2.45, 2.75) is 105 Å². The highest BCUT2D eigenvalue weighted by Crippen LogP contribution is 2.66. The lowest BCUT2D eigenvalue weighted by Crippen LogP contribution is -2.35. The number of aromatic nitrogens is 2. The molecule has 4 aromatic rings. The summed E-state index contributed by atoms with van der Waals surface area (Å²) in [5.74, 6) is 3.10. The third-order valence-corrected chi connectivity index (χ3v) is 25.8. The Kier molecular flexibility index (Phi) is 32.6. The van der Waals surface area contributed by atoms with Gasteiger partial charge in [0.15, 0.2) is 21.1 Å². The molecule has 11 N–H and O–H groups in total. The van der Waals surface area contributed by atoms with Crippen LogP contribution in [-0.2, 0) is 75.6 Å². The van der Waals surface area contributed by atoms with Crippen LogP contribution in [0, 0.1) is 11.8 Å². The van der Waals surface area contributed by atoms with Crippen molar-refractivity contribution in [1.82, 2.24) is 30.4 Å². The van der Waals surface area contributed by atoms with E-state index >= 15 is 0 Å². The Morgan fingerprint density at radius 1 is 0.870 bits per heavy atom. The van der Waals surface area contributed by atoms with Gasteiger partial charge >= 0.3 is 29.2 Å². The fourth-order valence-corrected chi connectivity index (χ4v) is 18.6. The van der Waals surface area contributed by atoms with E-state index in [-0.39, 0.29) is 139 Å². The van der Waals surface area contributed by atoms with Gasteiger partial charge in [-0.1, -0.05) is 100 Å². The van der Waals surface area contributed by atoms with E-state index in [4.69, 9.17) is 42.4 Å². The number of anilines is 1. The van der Waals surface area contributed by atoms with Gasteiger partial charge in [-0.25, -0.2) is 18.5 Å². The number of phosphoric acid groups is 3. The fourth-order valence-electron chi connectivity index (χ4n) is 10.4. The number of phosphoric ester groups is 1. The highest BCUT2D eigenvalue weighted by Gasteiger charge is 2.44. The number of hydrogen-bond acceptors (Lipinski definition) is 28. The zero-order chi connectivity index (χ0) is 79.5. The molecule has 0 bridgehead atoms. The summed E-state index contributed by atoms with van der Waals surface area (Å²) in [4.78, 5) is 123. The Balaban J connectivity index is 0.861. The summed E-state index contributed by atoms with van der Waals surface area (Å²) in [6, 6.07) is 18.4. The van der Waals surface area contributed by atoms with Crippen LogP contribution in [0.3, 0.4) is 0 Å². The van der Waals surface area contributed by atoms with E-state index in [2.05, 4.69) is 51.7 Å². The summed E-state index contributed by atoms with van der Waals surface area (Å²) in [6.07, 6.45) is -0.596. The van der Waals surface area contributed by atoms with Crippen LogP contribution in [0.15, 0.2) is 108 Å². The minimum Gasteiger partial charge on any atom is -0.490 e. The third-order valence-electron chi connectivity index (χ3n) is 14.7. The average molecular weight is 1680 g/mol. The van der Waals surface area contributed by atoms with Gasteiger partial charge in [0, 0.05) is 91.2 Å². The SMILES string of the molecule is CC/N=c1\ccc2c(-c3ccccc3C(=O)N(C)CCCC(=O)NCCNC(=O)c3cccc(OCC(OCCOCC(=O)NCC#Cc4cn([C@H]5CC(O[C@H](C)SSC)[C@@H](COP(=O)(O)OP(=O)(O)OP(=O)(O)O)O5)c(=O)[nH]c4=O)SSC(C)(C)C)c3)c3ccc(NCC)c(S(=O)(=O)O)c3oc-2c1S(=O)(=O)O. The molecule has 3 aliphatic rings. The van der Waals surface area contributed by atoms with Gasteiger partial charge in [0.1, 0.15) is 47.7 Å². The molecule has 4 unspecified atom stereocenters. The monoisotopic (exact) mass is 1680 g/mol. The van der Waals surface area contributed by atoms with Gasteiger partial charge in [0.05, 0.1) is 43.5 Å². The number of H-pyrrole nitrogens is 1. The van der Waals surface area contributed by atoms with Crippen LogP contribution in [0.25, 0.3) is 33.4 Å². The second-order valence-corrected chi connectivity index (χ2v) is 37.1. The lowest BCUT2D eigenvalue weighted by Gasteiger charge is -2.23. The van der Waals surface area contributed by atoms with Gasteiger partial charge < -0.3 is 73.8 Å². The first-order chi connectivity index (χ1) is 50.7. The molecule has 2 aliphatic heterocycles. The minimum absolute atomic E-state index is 0.0189. The van der Waals surface area contributed by atoms with Crippen LogP contribution in [0.1, 0.15) is 93.3 Å². The number of nitrogens with one attached hydrogen (secondary N) is 5. The van der Waals surface area contributed by atoms with E-state index in [9.17, 15) is 78.2 Å². The van der Waals surface area contributed by atoms with Crippen LogP contribution >= 0.6 is 66.6 Å². The number of fused-ring (bicyclic) bond motifs is 2. The zero-order valence-corrected chi connectivity index (χ0v) is 66.7. The number of amides is 4. The second-order valence-electron chi connectivity index (χ2n) is 24.1. The molecule has 45 heteroatoms. The molecule has 0 radical (unpaired) electrons. The maximum absolute atomic E-state index is 14.4. The van der Waals surface area contributed by atoms with Crippen molar-refractivity contribution in [3.8, 4) is 40.0 Å². The van der Waals surface area contributed by atoms with E-state index in [0.29, 0.717) is 5.75 Å². The summed E-state index contributed by atoms with van der Waals surface area (Å²) in [5.41, 5.74) is -2.98. The number of nitrogens with zero attached hydrogens (tertiary/aromatic N) is 3. The predicted molar refractivity (Wildman–Crippen MR) is 402 cm³/mol. The van der Waals surface area contributed by atoms with E-state index < -0.39 is 136 Å². The molecule has 0 saturated carbocycles. The standard InChI is InChI=1S/C63H81N8O28P3S6/c1-9-64-46-24-22-44-54(45-23-25-47(65-10-2)58(108(88,89)90)56(45)97-55(44)57(46)107(85,86)87)42-19-11-12-20-43(42)61(76)70(7)29-15-21-50(72)67-27-28-68-59(74)39-16-13-18-41(32-39)93-37-53(105-106-63(4,5)6)92-31-30-91-36-51(73)66-26-14-17-40-34-71(62(77)69-60(40)75)52-33-48(95-38(3)104-103-8)49(96-52)35-94-101(81,82)99-102(83,84)98-100(78,79)80/h11-13,16,18-20,22-25,32,34,38,48-49,52-53,64H,9-10,15,21,26-31,33,35-37H2,1-8H3,(H,66,73)(H,67,72)(H,68,74)(H,81,82)(H,83,84)(H,69,75,77)(H2,78,79,80)(H,85,86,87)(H,88,89,90)/b65-47+/t38-,48?,49+,52+,53?/m0/s1. The second kappa shape index (κ2) is 39.6. The molecule has 1 aromatic heterocycles. The quantitative estimate of drug-likeness (QED) is 0.00361. The van der Waals surface area contributed by atoms with Crippen molar-refractivity contribution in [2.24, 2.45) is 4.99 Å². The van der Waals surface area contributed by atoms with Gasteiger partial charge in [0.2, 0.25) is 11.8 Å². The lowest BCUT2D eigenvalue weighted by molar-refractivity contribution is -0.126. The predicted octanol–water partition coefficient (Wildman–Crippen LogP) is 6.76. The molecule has 7 atom stereocenters. The minimum atomic E-state index is -5.84. The number of ether oxygens (including phenoxy) is 5. The molecule has 108 heavy (non-hydrogen) atoms. The fraction of sp³-hybridized carbons (Fsp3) is 0.444. The van der Waals surface area contributed by atoms with Gasteiger partial charge in [-0.15, -0.1) is 0 Å². The normalized spacial score (nSPS) is 16.7. The van der Waals surface area contributed by atoms with Crippen molar-refractivity contribution in [3.63, 3.8) is 0 Å². The van der Waals surface area contributed by atoms with Crippen LogP contribution in [-0.4, -0.2) is 197 Å². The number of rotatable bonds is 39. The smallest absolute Gasteiger partial charge is 0.490 e. The molecular weight excluding hydrogens is 1600 g/mol. The number of aromatic amines is 1. The van der Waals surface area contributed by atoms with Crippen molar-refractivity contribution >= 4 is 127 Å². The van der Waals surface area contributed by atoms with Crippen LogP contribution in [0.5, 0.6) is 5.75 Å². The van der Waals surface area contributed by atoms with Gasteiger partial charge in [-0.05, 0) is 87.5 Å². The van der Waals surface area contributed by atoms with E-state index in [1.807, 2.05) is 20.8 Å². The van der Waals surface area contributed by atoms with Gasteiger partial charge in [-0.3, -0.25) is 52.1 Å². The molecular formula is C63H81N8O28P3S6. The molecule has 3 heterocycles. The summed E-state index contributed by atoms with van der Waals surface area (Å²) in [7, 11) is -20.2. The van der Waals surface area contributed by atoms with E-state index in [0.717, 1.165) is 10.8 Å². The maximum atomic E-state index is 14.4. The third kappa shape index (κ3) is 26.6. The van der Waals surface area contributed by atoms with Crippen molar-refractivity contribution in [1.29, 1.82) is 0 Å². The van der Waals surface area contributed by atoms with E-state index in [1.165, 1.54) is 91.5 Å². The largest absolute Gasteiger partial charge is 0.490 e. The van der Waals surface area contributed by atoms with Crippen LogP contribution < -0.4 is 42.6 Å². The highest BCUT2D eigenvalue weighted by atomic mass is 33.1.